The smallest absolute Gasteiger partial charge is 0.143 e. The Labute approximate surface area is 269 Å². The van der Waals surface area contributed by atoms with Crippen LogP contribution >= 0.6 is 0 Å². The van der Waals surface area contributed by atoms with Crippen LogP contribution in [-0.2, 0) is 5.41 Å². The van der Waals surface area contributed by atoms with Crippen LogP contribution in [0.2, 0.25) is 0 Å². The Balaban J connectivity index is 1.28. The van der Waals surface area contributed by atoms with Gasteiger partial charge in [0.2, 0.25) is 0 Å². The molecule has 0 spiro atoms. The van der Waals surface area contributed by atoms with Gasteiger partial charge in [0.1, 0.15) is 11.2 Å². The first-order valence-corrected chi connectivity index (χ1v) is 16.2. The largest absolute Gasteiger partial charge is 0.455 e. The van der Waals surface area contributed by atoms with Gasteiger partial charge < -0.3 is 4.42 Å². The van der Waals surface area contributed by atoms with E-state index in [4.69, 9.17) is 4.42 Å². The van der Waals surface area contributed by atoms with E-state index < -0.39 is 0 Å². The molecular formula is C45H34O. The summed E-state index contributed by atoms with van der Waals surface area (Å²) < 4.78 is 6.38. The van der Waals surface area contributed by atoms with Gasteiger partial charge in [-0.05, 0) is 95.7 Å². The fourth-order valence-electron chi connectivity index (χ4n) is 7.49. The van der Waals surface area contributed by atoms with Gasteiger partial charge in [-0.15, -0.1) is 0 Å². The Morgan fingerprint density at radius 3 is 1.78 bits per heavy atom. The highest BCUT2D eigenvalue weighted by atomic mass is 16.3. The van der Waals surface area contributed by atoms with Crippen molar-refractivity contribution < 1.29 is 4.42 Å². The summed E-state index contributed by atoms with van der Waals surface area (Å²) in [5.74, 6) is 0. The minimum Gasteiger partial charge on any atom is -0.455 e. The lowest BCUT2D eigenvalue weighted by atomic mass is 9.81. The first-order valence-electron chi connectivity index (χ1n) is 16.2. The lowest BCUT2D eigenvalue weighted by Gasteiger charge is -2.23. The van der Waals surface area contributed by atoms with Crippen LogP contribution < -0.4 is 0 Å². The minimum atomic E-state index is 0.0797. The van der Waals surface area contributed by atoms with Crippen LogP contribution in [0.5, 0.6) is 0 Å². The second-order valence-electron chi connectivity index (χ2n) is 13.8. The fourth-order valence-corrected chi connectivity index (χ4v) is 7.49. The molecular weight excluding hydrogens is 556 g/mol. The van der Waals surface area contributed by atoms with Crippen LogP contribution in [0.1, 0.15) is 31.9 Å². The van der Waals surface area contributed by atoms with E-state index >= 15 is 0 Å². The van der Waals surface area contributed by atoms with Crippen LogP contribution in [0.4, 0.5) is 0 Å². The minimum absolute atomic E-state index is 0.0797. The van der Waals surface area contributed by atoms with E-state index in [9.17, 15) is 0 Å². The summed E-state index contributed by atoms with van der Waals surface area (Å²) in [5.41, 5.74) is 11.9. The van der Waals surface area contributed by atoms with E-state index in [0.717, 1.165) is 33.1 Å². The molecule has 46 heavy (non-hydrogen) atoms. The Morgan fingerprint density at radius 1 is 0.457 bits per heavy atom. The third-order valence-electron chi connectivity index (χ3n) is 9.93. The van der Waals surface area contributed by atoms with Gasteiger partial charge in [-0.1, -0.05) is 142 Å². The summed E-state index contributed by atoms with van der Waals surface area (Å²) in [6, 6.07) is 49.1. The first kappa shape index (κ1) is 27.0. The number of para-hydroxylation sites is 2. The maximum absolute atomic E-state index is 6.38. The molecule has 1 aromatic heterocycles. The zero-order valence-electron chi connectivity index (χ0n) is 26.6. The van der Waals surface area contributed by atoms with Crippen LogP contribution in [0.15, 0.2) is 138 Å². The highest BCUT2D eigenvalue weighted by molar-refractivity contribution is 6.28. The van der Waals surface area contributed by atoms with Gasteiger partial charge in [0.15, 0.2) is 0 Å². The van der Waals surface area contributed by atoms with Gasteiger partial charge in [0.05, 0.1) is 0 Å². The number of hydrogen-bond donors (Lipinski definition) is 0. The molecule has 0 bridgehead atoms. The lowest BCUT2D eigenvalue weighted by molar-refractivity contribution is 0.591. The van der Waals surface area contributed by atoms with Crippen LogP contribution in [0.3, 0.4) is 0 Å². The zero-order chi connectivity index (χ0) is 31.2. The van der Waals surface area contributed by atoms with Crippen LogP contribution in [-0.4, -0.2) is 0 Å². The van der Waals surface area contributed by atoms with E-state index in [1.165, 1.54) is 65.7 Å². The van der Waals surface area contributed by atoms with Crippen molar-refractivity contribution >= 4 is 54.3 Å². The molecule has 0 saturated heterocycles. The third kappa shape index (κ3) is 4.01. The van der Waals surface area contributed by atoms with Crippen molar-refractivity contribution in [2.45, 2.75) is 33.1 Å². The summed E-state index contributed by atoms with van der Waals surface area (Å²) in [5, 5.41) is 10.2. The maximum atomic E-state index is 6.38. The fraction of sp³-hybridized carbons (Fsp3) is 0.111. The van der Waals surface area contributed by atoms with Gasteiger partial charge in [0, 0.05) is 16.3 Å². The Morgan fingerprint density at radius 2 is 1.07 bits per heavy atom. The summed E-state index contributed by atoms with van der Waals surface area (Å²) >= 11 is 0. The normalized spacial score (nSPS) is 12.3. The van der Waals surface area contributed by atoms with E-state index in [0.29, 0.717) is 0 Å². The summed E-state index contributed by atoms with van der Waals surface area (Å²) in [6.45, 7) is 9.11. The topological polar surface area (TPSA) is 13.1 Å². The first-order chi connectivity index (χ1) is 22.3. The van der Waals surface area contributed by atoms with Gasteiger partial charge in [-0.3, -0.25) is 0 Å². The molecule has 8 aromatic carbocycles. The molecule has 0 aliphatic carbocycles. The molecule has 0 fully saturated rings. The monoisotopic (exact) mass is 590 g/mol. The Bertz CT molecular complexity index is 2590. The van der Waals surface area contributed by atoms with E-state index in [1.54, 1.807) is 0 Å². The van der Waals surface area contributed by atoms with Crippen LogP contribution in [0, 0.1) is 6.92 Å². The molecule has 0 saturated carbocycles. The number of hydrogen-bond acceptors (Lipinski definition) is 1. The van der Waals surface area contributed by atoms with Crippen molar-refractivity contribution in [1.29, 1.82) is 0 Å². The predicted octanol–water partition coefficient (Wildman–Crippen LogP) is 13.1. The molecule has 0 N–H and O–H groups in total. The summed E-state index contributed by atoms with van der Waals surface area (Å²) in [7, 11) is 0. The molecule has 9 aromatic rings. The molecule has 0 atom stereocenters. The van der Waals surface area contributed by atoms with Crippen molar-refractivity contribution in [2.75, 3.05) is 0 Å². The summed E-state index contributed by atoms with van der Waals surface area (Å²) in [6.07, 6.45) is 0. The second kappa shape index (κ2) is 9.80. The summed E-state index contributed by atoms with van der Waals surface area (Å²) in [4.78, 5) is 0. The number of benzene rings is 8. The van der Waals surface area contributed by atoms with Crippen molar-refractivity contribution in [3.63, 3.8) is 0 Å². The SMILES string of the molecule is Cc1ccccc1-c1cc(-c2ccc(-c3cccc4c3oc3ccccc34)cc2)c2ccc3cc(C(C)(C)C)cc4ccc1c2c34. The Kier molecular flexibility index (Phi) is 5.74. The Hall–Kier alpha value is -5.40. The molecule has 0 amide bonds. The molecule has 0 unspecified atom stereocenters. The predicted molar refractivity (Wildman–Crippen MR) is 197 cm³/mol. The molecule has 0 radical (unpaired) electrons. The number of aryl methyl sites for hydroxylation is 1. The highest BCUT2D eigenvalue weighted by Crippen LogP contribution is 2.46. The molecule has 1 heterocycles. The molecule has 1 heteroatoms. The van der Waals surface area contributed by atoms with E-state index in [2.05, 4.69) is 149 Å². The standard InChI is InChI=1S/C45H34O/c1-27-10-5-6-11-33(27)40-26-39(36-22-20-30-24-32(45(2,3)4)25-31-21-23-37(40)43(36)42(30)31)29-18-16-28(17-19-29)34-13-9-14-38-35-12-7-8-15-41(35)46-44(34)38/h5-26H,1-4H3. The number of rotatable bonds is 3. The molecule has 9 rings (SSSR count). The number of furan rings is 1. The average molecular weight is 591 g/mol. The van der Waals surface area contributed by atoms with Gasteiger partial charge >= 0.3 is 0 Å². The van der Waals surface area contributed by atoms with E-state index in [1.807, 2.05) is 12.1 Å². The van der Waals surface area contributed by atoms with Crippen LogP contribution in [0.25, 0.3) is 87.6 Å². The number of fused-ring (bicyclic) bond motifs is 3. The molecule has 0 aliphatic heterocycles. The molecule has 0 aliphatic rings. The molecule has 1 nitrogen and oxygen atoms in total. The van der Waals surface area contributed by atoms with Gasteiger partial charge in [-0.2, -0.15) is 0 Å². The van der Waals surface area contributed by atoms with Gasteiger partial charge in [-0.25, -0.2) is 0 Å². The van der Waals surface area contributed by atoms with Crippen molar-refractivity contribution in [3.05, 3.63) is 145 Å². The second-order valence-corrected chi connectivity index (χ2v) is 13.8. The average Bonchev–Trinajstić information content (AvgIpc) is 3.46. The lowest BCUT2D eigenvalue weighted by Crippen LogP contribution is -2.10. The third-order valence-corrected chi connectivity index (χ3v) is 9.93. The maximum Gasteiger partial charge on any atom is 0.143 e. The quantitative estimate of drug-likeness (QED) is 0.187. The van der Waals surface area contributed by atoms with Crippen molar-refractivity contribution in [3.8, 4) is 33.4 Å². The van der Waals surface area contributed by atoms with Crippen molar-refractivity contribution in [2.24, 2.45) is 0 Å². The van der Waals surface area contributed by atoms with E-state index in [-0.39, 0.29) is 5.41 Å². The molecule has 220 valence electrons. The van der Waals surface area contributed by atoms with Gasteiger partial charge in [0.25, 0.3) is 0 Å². The zero-order valence-corrected chi connectivity index (χ0v) is 26.6. The van der Waals surface area contributed by atoms with Crippen molar-refractivity contribution in [1.82, 2.24) is 0 Å². The highest BCUT2D eigenvalue weighted by Gasteiger charge is 2.21.